The fourth-order valence-electron chi connectivity index (χ4n) is 3.01. The van der Waals surface area contributed by atoms with Crippen LogP contribution in [0.4, 0.5) is 0 Å². The molecule has 0 radical (unpaired) electrons. The van der Waals surface area contributed by atoms with Crippen LogP contribution >= 0.6 is 0 Å². The highest BCUT2D eigenvalue weighted by molar-refractivity contribution is 6.76. The van der Waals surface area contributed by atoms with E-state index < -0.39 is 13.5 Å². The molecule has 5 nitrogen and oxygen atoms in total. The van der Waals surface area contributed by atoms with E-state index >= 15 is 0 Å². The van der Waals surface area contributed by atoms with Gasteiger partial charge in [-0.05, 0) is 6.04 Å². The van der Waals surface area contributed by atoms with Gasteiger partial charge in [-0.3, -0.25) is 4.79 Å². The van der Waals surface area contributed by atoms with Gasteiger partial charge in [-0.1, -0.05) is 70.7 Å². The highest BCUT2D eigenvalue weighted by Gasteiger charge is 2.28. The summed E-state index contributed by atoms with van der Waals surface area (Å²) in [5.74, 6) is 0.0582. The number of carbonyl (C=O) groups is 1. The Bertz CT molecular complexity index is 999. The van der Waals surface area contributed by atoms with Gasteiger partial charge < -0.3 is 9.30 Å². The Morgan fingerprint density at radius 1 is 1.14 bits per heavy atom. The highest BCUT2D eigenvalue weighted by atomic mass is 28.3. The molecule has 0 bridgehead atoms. The minimum Gasteiger partial charge on any atom is -0.361 e. The second-order valence-corrected chi connectivity index (χ2v) is 15.4. The third-order valence-corrected chi connectivity index (χ3v) is 6.49. The van der Waals surface area contributed by atoms with Crippen LogP contribution in [0.5, 0.6) is 0 Å². The quantitative estimate of drug-likeness (QED) is 0.288. The van der Waals surface area contributed by atoms with Crippen LogP contribution in [-0.2, 0) is 11.5 Å². The second-order valence-electron chi connectivity index (χ2n) is 9.73. The van der Waals surface area contributed by atoms with Gasteiger partial charge in [0.25, 0.3) is 0 Å². The van der Waals surface area contributed by atoms with Gasteiger partial charge in [0, 0.05) is 31.9 Å². The van der Waals surface area contributed by atoms with Crippen molar-refractivity contribution in [3.05, 3.63) is 48.3 Å². The molecule has 0 aliphatic rings. The fraction of sp³-hybridized carbons (Fsp3) is 0.435. The molecule has 0 aliphatic carbocycles. The maximum Gasteiger partial charge on any atom is 0.171 e. The topological polar surface area (TPSA) is 57.0 Å². The van der Waals surface area contributed by atoms with Gasteiger partial charge in [0.05, 0.1) is 17.5 Å². The van der Waals surface area contributed by atoms with E-state index in [2.05, 4.69) is 24.6 Å². The number of rotatable bonds is 7. The molecule has 2 aromatic heterocycles. The van der Waals surface area contributed by atoms with Crippen molar-refractivity contribution in [2.75, 3.05) is 6.61 Å². The maximum atomic E-state index is 13.1. The Morgan fingerprint density at radius 2 is 1.83 bits per heavy atom. The molecule has 0 spiro atoms. The smallest absolute Gasteiger partial charge is 0.171 e. The van der Waals surface area contributed by atoms with E-state index in [0.717, 1.165) is 17.3 Å². The summed E-state index contributed by atoms with van der Waals surface area (Å²) in [6.45, 7) is 13.9. The van der Waals surface area contributed by atoms with Crippen molar-refractivity contribution in [3.8, 4) is 11.3 Å². The summed E-state index contributed by atoms with van der Waals surface area (Å²) in [4.78, 5) is 22.5. The zero-order chi connectivity index (χ0) is 21.2. The predicted molar refractivity (Wildman–Crippen MR) is 121 cm³/mol. The van der Waals surface area contributed by atoms with E-state index in [1.165, 1.54) is 0 Å². The summed E-state index contributed by atoms with van der Waals surface area (Å²) in [6.07, 6.45) is 3.61. The molecule has 0 saturated carbocycles. The molecule has 0 fully saturated rings. The molecule has 2 heterocycles. The highest BCUT2D eigenvalue weighted by Crippen LogP contribution is 2.28. The molecule has 0 amide bonds. The number of benzene rings is 1. The lowest BCUT2D eigenvalue weighted by Gasteiger charge is -2.16. The fourth-order valence-corrected chi connectivity index (χ4v) is 3.77. The number of hydrogen-bond donors (Lipinski definition) is 0. The molecule has 0 N–H and O–H groups in total. The first-order valence-electron chi connectivity index (χ1n) is 10.1. The van der Waals surface area contributed by atoms with Gasteiger partial charge in [-0.2, -0.15) is 0 Å². The van der Waals surface area contributed by atoms with Crippen LogP contribution in [0.15, 0.2) is 42.7 Å². The van der Waals surface area contributed by atoms with Crippen molar-refractivity contribution in [1.29, 1.82) is 0 Å². The van der Waals surface area contributed by atoms with Crippen LogP contribution in [0.1, 0.15) is 31.1 Å². The largest absolute Gasteiger partial charge is 0.361 e. The normalized spacial score (nSPS) is 12.5. The summed E-state index contributed by atoms with van der Waals surface area (Å²) in [5.41, 5.74) is 3.17. The number of ketones is 1. The van der Waals surface area contributed by atoms with Crippen molar-refractivity contribution in [1.82, 2.24) is 14.5 Å². The van der Waals surface area contributed by atoms with E-state index in [1.54, 1.807) is 6.20 Å². The lowest BCUT2D eigenvalue weighted by Crippen LogP contribution is -2.22. The van der Waals surface area contributed by atoms with E-state index in [9.17, 15) is 4.79 Å². The first kappa shape index (κ1) is 21.4. The number of aromatic nitrogens is 3. The van der Waals surface area contributed by atoms with Gasteiger partial charge in [0.15, 0.2) is 11.4 Å². The standard InChI is InChI=1S/C23H31N3O2Si/c1-23(2,3)21(27)18-15-26(16-28-12-13-29(4,5)6)22-20(18)25-19(14-24-22)17-10-8-7-9-11-17/h7-11,14-15H,12-13,16H2,1-6H3. The molecule has 29 heavy (non-hydrogen) atoms. The summed E-state index contributed by atoms with van der Waals surface area (Å²) < 4.78 is 7.82. The molecule has 3 rings (SSSR count). The summed E-state index contributed by atoms with van der Waals surface area (Å²) in [6, 6.07) is 11.0. The first-order chi connectivity index (χ1) is 13.6. The summed E-state index contributed by atoms with van der Waals surface area (Å²) in [5, 5.41) is 0. The lowest BCUT2D eigenvalue weighted by atomic mass is 9.87. The van der Waals surface area contributed by atoms with E-state index in [-0.39, 0.29) is 5.78 Å². The molecular formula is C23H31N3O2Si. The zero-order valence-corrected chi connectivity index (χ0v) is 19.3. The molecule has 1 aromatic carbocycles. The SMILES string of the molecule is CC(C)(C)C(=O)c1cn(COCC[Si](C)(C)C)c2ncc(-c3ccccc3)nc12. The van der Waals surface area contributed by atoms with Crippen LogP contribution < -0.4 is 0 Å². The van der Waals surface area contributed by atoms with Gasteiger partial charge in [-0.15, -0.1) is 0 Å². The molecule has 0 atom stereocenters. The van der Waals surface area contributed by atoms with Crippen molar-refractivity contribution < 1.29 is 9.53 Å². The number of carbonyl (C=O) groups excluding carboxylic acids is 1. The Labute approximate surface area is 174 Å². The number of Topliss-reactive ketones (excluding diaryl/α,β-unsaturated/α-hetero) is 1. The molecule has 0 unspecified atom stereocenters. The van der Waals surface area contributed by atoms with Crippen LogP contribution in [0.3, 0.4) is 0 Å². The molecule has 0 aliphatic heterocycles. The summed E-state index contributed by atoms with van der Waals surface area (Å²) >= 11 is 0. The minimum absolute atomic E-state index is 0.0582. The molecule has 6 heteroatoms. The molecule has 3 aromatic rings. The van der Waals surface area contributed by atoms with Crippen LogP contribution in [0.2, 0.25) is 25.7 Å². The summed E-state index contributed by atoms with van der Waals surface area (Å²) in [7, 11) is -1.15. The number of fused-ring (bicyclic) bond motifs is 1. The Kier molecular flexibility index (Phi) is 6.05. The minimum atomic E-state index is -1.15. The van der Waals surface area contributed by atoms with Crippen molar-refractivity contribution in [2.24, 2.45) is 5.41 Å². The lowest BCUT2D eigenvalue weighted by molar-refractivity contribution is 0.0849. The number of nitrogens with zero attached hydrogens (tertiary/aromatic N) is 3. The average molecular weight is 410 g/mol. The van der Waals surface area contributed by atoms with Gasteiger partial charge in [0.1, 0.15) is 12.2 Å². The first-order valence-corrected chi connectivity index (χ1v) is 13.8. The second kappa shape index (κ2) is 8.20. The van der Waals surface area contributed by atoms with E-state index in [4.69, 9.17) is 9.72 Å². The molecular weight excluding hydrogens is 378 g/mol. The van der Waals surface area contributed by atoms with Crippen LogP contribution in [0.25, 0.3) is 22.4 Å². The maximum absolute atomic E-state index is 13.1. The molecule has 154 valence electrons. The average Bonchev–Trinajstić information content (AvgIpc) is 3.01. The number of ether oxygens (including phenoxy) is 1. The monoisotopic (exact) mass is 409 g/mol. The predicted octanol–water partition coefficient (Wildman–Crippen LogP) is 5.64. The van der Waals surface area contributed by atoms with Crippen molar-refractivity contribution in [3.63, 3.8) is 0 Å². The van der Waals surface area contributed by atoms with Crippen molar-refractivity contribution >= 4 is 25.0 Å². The van der Waals surface area contributed by atoms with Gasteiger partial charge in [0.2, 0.25) is 0 Å². The van der Waals surface area contributed by atoms with Crippen LogP contribution in [0, 0.1) is 5.41 Å². The third kappa shape index (κ3) is 5.19. The third-order valence-electron chi connectivity index (χ3n) is 4.79. The zero-order valence-electron chi connectivity index (χ0n) is 18.3. The van der Waals surface area contributed by atoms with E-state index in [1.807, 2.05) is 61.9 Å². The Balaban J connectivity index is 1.98. The number of hydrogen-bond acceptors (Lipinski definition) is 4. The van der Waals surface area contributed by atoms with Crippen LogP contribution in [-0.4, -0.2) is 35.0 Å². The Hall–Kier alpha value is -2.31. The van der Waals surface area contributed by atoms with Crippen molar-refractivity contribution in [2.45, 2.75) is 53.2 Å². The molecule has 0 saturated heterocycles. The van der Waals surface area contributed by atoms with Gasteiger partial charge in [-0.25, -0.2) is 9.97 Å². The van der Waals surface area contributed by atoms with E-state index in [0.29, 0.717) is 30.1 Å². The Morgan fingerprint density at radius 3 is 2.45 bits per heavy atom. The van der Waals surface area contributed by atoms with Gasteiger partial charge >= 0.3 is 0 Å².